The number of hydrogen-bond donors (Lipinski definition) is 1. The second kappa shape index (κ2) is 8.62. The number of nitrogens with zero attached hydrogens (tertiary/aromatic N) is 2. The van der Waals surface area contributed by atoms with Gasteiger partial charge in [-0.3, -0.25) is 9.79 Å². The van der Waals surface area contributed by atoms with Crippen molar-refractivity contribution in [3.8, 4) is 5.75 Å². The van der Waals surface area contributed by atoms with Crippen molar-refractivity contribution in [2.24, 2.45) is 4.99 Å². The van der Waals surface area contributed by atoms with E-state index in [1.54, 1.807) is 18.2 Å². The molecule has 0 bridgehead atoms. The summed E-state index contributed by atoms with van der Waals surface area (Å²) >= 11 is 2.77. The molecule has 1 aliphatic rings. The van der Waals surface area contributed by atoms with Crippen LogP contribution in [-0.4, -0.2) is 44.7 Å². The SMILES string of the molecule is CC(=O)CCCCC(=O)Oc1ccc2nc(C3=N[C@@H](C(=O)O)CS3)sc2c1. The van der Waals surface area contributed by atoms with Gasteiger partial charge in [0.25, 0.3) is 0 Å². The fraction of sp³-hybridized carbons (Fsp3) is 0.389. The van der Waals surface area contributed by atoms with E-state index in [9.17, 15) is 14.4 Å². The van der Waals surface area contributed by atoms with Crippen LogP contribution in [0.4, 0.5) is 0 Å². The molecule has 2 aromatic rings. The van der Waals surface area contributed by atoms with Crippen molar-refractivity contribution in [2.75, 3.05) is 5.75 Å². The van der Waals surface area contributed by atoms with E-state index in [1.165, 1.54) is 30.0 Å². The summed E-state index contributed by atoms with van der Waals surface area (Å²) in [6.07, 6.45) is 2.04. The molecule has 7 nitrogen and oxygen atoms in total. The molecule has 27 heavy (non-hydrogen) atoms. The number of carboxylic acids is 1. The normalized spacial score (nSPS) is 16.3. The smallest absolute Gasteiger partial charge is 0.329 e. The highest BCUT2D eigenvalue weighted by molar-refractivity contribution is 8.15. The van der Waals surface area contributed by atoms with E-state index >= 15 is 0 Å². The number of carbonyl (C=O) groups excluding carboxylic acids is 2. The molecular weight excluding hydrogens is 388 g/mol. The van der Waals surface area contributed by atoms with Crippen LogP contribution in [0.5, 0.6) is 5.75 Å². The monoisotopic (exact) mass is 406 g/mol. The molecule has 1 N–H and O–H groups in total. The number of carbonyl (C=O) groups is 3. The molecule has 0 unspecified atom stereocenters. The molecule has 0 aliphatic carbocycles. The van der Waals surface area contributed by atoms with E-state index in [2.05, 4.69) is 9.98 Å². The first kappa shape index (κ1) is 19.5. The lowest BCUT2D eigenvalue weighted by Gasteiger charge is -2.03. The summed E-state index contributed by atoms with van der Waals surface area (Å²) in [7, 11) is 0. The lowest BCUT2D eigenvalue weighted by molar-refractivity contribution is -0.138. The van der Waals surface area contributed by atoms with Crippen molar-refractivity contribution in [3.63, 3.8) is 0 Å². The average molecular weight is 406 g/mol. The van der Waals surface area contributed by atoms with Gasteiger partial charge in [0, 0.05) is 24.7 Å². The number of aliphatic imine (C=N–C) groups is 1. The van der Waals surface area contributed by atoms with Crippen LogP contribution in [0, 0.1) is 0 Å². The highest BCUT2D eigenvalue weighted by Crippen LogP contribution is 2.31. The maximum absolute atomic E-state index is 11.9. The Balaban J connectivity index is 1.64. The lowest BCUT2D eigenvalue weighted by atomic mass is 10.1. The van der Waals surface area contributed by atoms with Crippen LogP contribution in [0.25, 0.3) is 10.2 Å². The molecule has 0 fully saturated rings. The van der Waals surface area contributed by atoms with E-state index in [-0.39, 0.29) is 18.2 Å². The Bertz CT molecular complexity index is 922. The van der Waals surface area contributed by atoms with Crippen molar-refractivity contribution in [1.82, 2.24) is 4.98 Å². The predicted molar refractivity (Wildman–Crippen MR) is 105 cm³/mol. The minimum Gasteiger partial charge on any atom is -0.480 e. The third-order valence-electron chi connectivity index (χ3n) is 3.87. The first-order valence-corrected chi connectivity index (χ1v) is 10.3. The molecule has 0 saturated carbocycles. The van der Waals surface area contributed by atoms with Crippen LogP contribution < -0.4 is 4.74 Å². The number of thioether (sulfide) groups is 1. The topological polar surface area (TPSA) is 106 Å². The molecule has 1 atom stereocenters. The van der Waals surface area contributed by atoms with Crippen LogP contribution in [0.2, 0.25) is 0 Å². The average Bonchev–Trinajstić information content (AvgIpc) is 3.24. The Morgan fingerprint density at radius 3 is 2.74 bits per heavy atom. The van der Waals surface area contributed by atoms with Crippen LogP contribution >= 0.6 is 23.1 Å². The number of rotatable bonds is 8. The maximum Gasteiger partial charge on any atom is 0.329 e. The number of ketones is 1. The Hall–Kier alpha value is -2.26. The fourth-order valence-corrected chi connectivity index (χ4v) is 4.59. The van der Waals surface area contributed by atoms with Gasteiger partial charge >= 0.3 is 11.9 Å². The number of ether oxygens (including phenoxy) is 1. The molecule has 0 amide bonds. The predicted octanol–water partition coefficient (Wildman–Crippen LogP) is 3.30. The third-order valence-corrected chi connectivity index (χ3v) is 6.08. The van der Waals surface area contributed by atoms with Crippen molar-refractivity contribution < 1.29 is 24.2 Å². The zero-order valence-corrected chi connectivity index (χ0v) is 16.3. The van der Waals surface area contributed by atoms with Gasteiger partial charge in [-0.1, -0.05) is 0 Å². The number of esters is 1. The maximum atomic E-state index is 11.9. The summed E-state index contributed by atoms with van der Waals surface area (Å²) in [4.78, 5) is 42.5. The number of Topliss-reactive ketones (excluding diaryl/α,β-unsaturated/α-hetero) is 1. The Morgan fingerprint density at radius 2 is 2.04 bits per heavy atom. The van der Waals surface area contributed by atoms with Crippen LogP contribution in [0.3, 0.4) is 0 Å². The van der Waals surface area contributed by atoms with Gasteiger partial charge in [0.1, 0.15) is 21.6 Å². The van der Waals surface area contributed by atoms with Crippen LogP contribution in [0.1, 0.15) is 37.6 Å². The number of aliphatic carboxylic acids is 1. The van der Waals surface area contributed by atoms with Gasteiger partial charge in [0.15, 0.2) is 6.04 Å². The Morgan fingerprint density at radius 1 is 1.26 bits per heavy atom. The molecule has 1 aromatic heterocycles. The van der Waals surface area contributed by atoms with Gasteiger partial charge in [0.05, 0.1) is 10.2 Å². The highest BCUT2D eigenvalue weighted by Gasteiger charge is 2.26. The minimum absolute atomic E-state index is 0.120. The van der Waals surface area contributed by atoms with E-state index in [0.29, 0.717) is 40.8 Å². The summed E-state index contributed by atoms with van der Waals surface area (Å²) in [5, 5.41) is 10.3. The Labute approximate surface area is 163 Å². The number of aromatic nitrogens is 1. The quantitative estimate of drug-likeness (QED) is 0.407. The van der Waals surface area contributed by atoms with Gasteiger partial charge in [-0.05, 0) is 31.9 Å². The number of thiazole rings is 1. The first-order valence-electron chi connectivity index (χ1n) is 8.47. The van der Waals surface area contributed by atoms with Crippen molar-refractivity contribution in [3.05, 3.63) is 23.2 Å². The molecule has 1 aromatic carbocycles. The second-order valence-corrected chi connectivity index (χ2v) is 8.17. The molecule has 3 rings (SSSR count). The zero-order valence-electron chi connectivity index (χ0n) is 14.6. The summed E-state index contributed by atoms with van der Waals surface area (Å²) in [6, 6.07) is 4.47. The molecule has 142 valence electrons. The molecule has 1 aliphatic heterocycles. The standard InChI is InChI=1S/C18H18N2O5S2/c1-10(21)4-2-3-5-15(22)25-11-6-7-12-14(8-11)27-17(19-12)16-20-13(9-26-16)18(23)24/h6-8,13H,2-5,9H2,1H3,(H,23,24)/t13-/m1/s1. The van der Waals surface area contributed by atoms with Crippen LogP contribution in [-0.2, 0) is 14.4 Å². The third kappa shape index (κ3) is 5.14. The number of carboxylic acid groups (broad SMARTS) is 1. The zero-order chi connectivity index (χ0) is 19.4. The summed E-state index contributed by atoms with van der Waals surface area (Å²) in [6.45, 7) is 1.54. The van der Waals surface area contributed by atoms with Gasteiger partial charge in [-0.2, -0.15) is 0 Å². The minimum atomic E-state index is -0.934. The number of benzene rings is 1. The summed E-state index contributed by atoms with van der Waals surface area (Å²) in [5.74, 6) is -0.292. The van der Waals surface area contributed by atoms with Crippen molar-refractivity contribution >= 4 is 56.1 Å². The number of hydrogen-bond acceptors (Lipinski definition) is 8. The highest BCUT2D eigenvalue weighted by atomic mass is 32.2. The first-order chi connectivity index (χ1) is 12.9. The molecule has 9 heteroatoms. The summed E-state index contributed by atoms with van der Waals surface area (Å²) < 4.78 is 6.20. The molecule has 0 saturated heterocycles. The second-order valence-electron chi connectivity index (χ2n) is 6.13. The van der Waals surface area contributed by atoms with Crippen molar-refractivity contribution in [1.29, 1.82) is 0 Å². The van der Waals surface area contributed by atoms with Gasteiger partial charge in [-0.15, -0.1) is 23.1 Å². The number of fused-ring (bicyclic) bond motifs is 1. The Kier molecular flexibility index (Phi) is 6.22. The molecular formula is C18H18N2O5S2. The largest absolute Gasteiger partial charge is 0.480 e. The van der Waals surface area contributed by atoms with Gasteiger partial charge in [-0.25, -0.2) is 9.78 Å². The van der Waals surface area contributed by atoms with Crippen LogP contribution in [0.15, 0.2) is 23.2 Å². The van der Waals surface area contributed by atoms with Gasteiger partial charge in [0.2, 0.25) is 0 Å². The van der Waals surface area contributed by atoms with Crippen molar-refractivity contribution in [2.45, 2.75) is 38.6 Å². The fourth-order valence-electron chi connectivity index (χ4n) is 2.50. The lowest BCUT2D eigenvalue weighted by Crippen LogP contribution is -2.17. The van der Waals surface area contributed by atoms with E-state index in [1.807, 2.05) is 0 Å². The molecule has 0 radical (unpaired) electrons. The van der Waals surface area contributed by atoms with E-state index < -0.39 is 12.0 Å². The molecule has 0 spiro atoms. The van der Waals surface area contributed by atoms with Gasteiger partial charge < -0.3 is 14.6 Å². The number of unbranched alkanes of at least 4 members (excludes halogenated alkanes) is 1. The summed E-state index contributed by atoms with van der Waals surface area (Å²) in [5.41, 5.74) is 0.748. The van der Waals surface area contributed by atoms with E-state index in [4.69, 9.17) is 9.84 Å². The van der Waals surface area contributed by atoms with E-state index in [0.717, 1.165) is 10.2 Å². The molecule has 2 heterocycles.